The Labute approximate surface area is 136 Å². The molecule has 0 aliphatic rings. The molecule has 1 N–H and O–H groups in total. The van der Waals surface area contributed by atoms with Crippen molar-refractivity contribution in [3.63, 3.8) is 0 Å². The second kappa shape index (κ2) is 7.63. The van der Waals surface area contributed by atoms with E-state index in [4.69, 9.17) is 9.47 Å². The summed E-state index contributed by atoms with van der Waals surface area (Å²) in [7, 11) is 1.36. The Morgan fingerprint density at radius 2 is 1.87 bits per heavy atom. The van der Waals surface area contributed by atoms with E-state index in [1.807, 2.05) is 38.1 Å². The molecule has 2 aromatic rings. The topological polar surface area (TPSA) is 60.5 Å². The van der Waals surface area contributed by atoms with Crippen LogP contribution in [-0.4, -0.2) is 24.2 Å². The van der Waals surface area contributed by atoms with Gasteiger partial charge in [0.2, 0.25) is 0 Å². The number of benzene rings is 1. The highest BCUT2D eigenvalue weighted by Gasteiger charge is 2.10. The standard InChI is InChI=1S/C18H22N2O3/c1-12(2)23-15-7-5-14(6-8-15)11-19-17-10-9-16(13(3)20-17)18(21)22-4/h5-10,12H,11H2,1-4H3,(H,19,20). The molecule has 0 radical (unpaired) electrons. The van der Waals surface area contributed by atoms with E-state index in [0.29, 0.717) is 17.8 Å². The average molecular weight is 314 g/mol. The van der Waals surface area contributed by atoms with Crippen molar-refractivity contribution in [1.29, 1.82) is 0 Å². The second-order valence-electron chi connectivity index (χ2n) is 5.49. The van der Waals surface area contributed by atoms with Crippen LogP contribution in [0.2, 0.25) is 0 Å². The van der Waals surface area contributed by atoms with Gasteiger partial charge in [-0.05, 0) is 50.6 Å². The van der Waals surface area contributed by atoms with Crippen LogP contribution in [0.4, 0.5) is 5.82 Å². The summed E-state index contributed by atoms with van der Waals surface area (Å²) in [5.74, 6) is 1.21. The number of pyridine rings is 1. The highest BCUT2D eigenvalue weighted by atomic mass is 16.5. The van der Waals surface area contributed by atoms with Gasteiger partial charge in [0, 0.05) is 6.54 Å². The van der Waals surface area contributed by atoms with Gasteiger partial charge >= 0.3 is 5.97 Å². The van der Waals surface area contributed by atoms with Crippen LogP contribution in [0.1, 0.15) is 35.5 Å². The summed E-state index contributed by atoms with van der Waals surface area (Å²) in [6, 6.07) is 11.4. The summed E-state index contributed by atoms with van der Waals surface area (Å²) in [6.45, 7) is 6.43. The molecule has 23 heavy (non-hydrogen) atoms. The van der Waals surface area contributed by atoms with E-state index in [9.17, 15) is 4.79 Å². The molecule has 1 aromatic carbocycles. The highest BCUT2D eigenvalue weighted by molar-refractivity contribution is 5.90. The monoisotopic (exact) mass is 314 g/mol. The van der Waals surface area contributed by atoms with Gasteiger partial charge < -0.3 is 14.8 Å². The molecule has 2 rings (SSSR count). The van der Waals surface area contributed by atoms with Crippen LogP contribution in [0.15, 0.2) is 36.4 Å². The Morgan fingerprint density at radius 1 is 1.17 bits per heavy atom. The number of hydrogen-bond acceptors (Lipinski definition) is 5. The summed E-state index contributed by atoms with van der Waals surface area (Å²) < 4.78 is 10.3. The quantitative estimate of drug-likeness (QED) is 0.826. The van der Waals surface area contributed by atoms with Gasteiger partial charge in [0.15, 0.2) is 0 Å². The minimum absolute atomic E-state index is 0.166. The maximum atomic E-state index is 11.5. The van der Waals surface area contributed by atoms with Gasteiger partial charge in [-0.3, -0.25) is 0 Å². The van der Waals surface area contributed by atoms with Crippen molar-refractivity contribution in [2.24, 2.45) is 0 Å². The minimum Gasteiger partial charge on any atom is -0.491 e. The van der Waals surface area contributed by atoms with Crippen LogP contribution < -0.4 is 10.1 Å². The summed E-state index contributed by atoms with van der Waals surface area (Å²) >= 11 is 0. The number of aromatic nitrogens is 1. The molecule has 0 saturated carbocycles. The third kappa shape index (κ3) is 4.71. The molecule has 5 heteroatoms. The molecule has 0 fully saturated rings. The number of carbonyl (C=O) groups is 1. The third-order valence-corrected chi connectivity index (χ3v) is 3.26. The molecule has 1 aromatic heterocycles. The van der Waals surface area contributed by atoms with Crippen LogP contribution >= 0.6 is 0 Å². The fraction of sp³-hybridized carbons (Fsp3) is 0.333. The zero-order valence-corrected chi connectivity index (χ0v) is 13.9. The lowest BCUT2D eigenvalue weighted by Crippen LogP contribution is -2.08. The molecule has 0 atom stereocenters. The first-order valence-electron chi connectivity index (χ1n) is 7.55. The predicted molar refractivity (Wildman–Crippen MR) is 89.8 cm³/mol. The van der Waals surface area contributed by atoms with Crippen molar-refractivity contribution >= 4 is 11.8 Å². The summed E-state index contributed by atoms with van der Waals surface area (Å²) in [5, 5.41) is 3.24. The molecule has 0 aliphatic heterocycles. The maximum absolute atomic E-state index is 11.5. The Kier molecular flexibility index (Phi) is 5.57. The molecule has 1 heterocycles. The van der Waals surface area contributed by atoms with Crippen molar-refractivity contribution in [3.8, 4) is 5.75 Å². The number of nitrogens with zero attached hydrogens (tertiary/aromatic N) is 1. The van der Waals surface area contributed by atoms with Gasteiger partial charge in [0.05, 0.1) is 24.5 Å². The van der Waals surface area contributed by atoms with Gasteiger partial charge in [-0.1, -0.05) is 12.1 Å². The van der Waals surface area contributed by atoms with E-state index in [1.54, 1.807) is 19.1 Å². The largest absolute Gasteiger partial charge is 0.491 e. The number of anilines is 1. The Balaban J connectivity index is 1.98. The molecule has 0 amide bonds. The lowest BCUT2D eigenvalue weighted by molar-refractivity contribution is 0.0599. The van der Waals surface area contributed by atoms with Crippen molar-refractivity contribution < 1.29 is 14.3 Å². The fourth-order valence-corrected chi connectivity index (χ4v) is 2.14. The summed E-state index contributed by atoms with van der Waals surface area (Å²) in [6.07, 6.45) is 0.166. The molecular weight excluding hydrogens is 292 g/mol. The van der Waals surface area contributed by atoms with E-state index >= 15 is 0 Å². The maximum Gasteiger partial charge on any atom is 0.339 e. The van der Waals surface area contributed by atoms with E-state index < -0.39 is 0 Å². The van der Waals surface area contributed by atoms with E-state index in [-0.39, 0.29) is 12.1 Å². The number of rotatable bonds is 6. The Hall–Kier alpha value is -2.56. The zero-order valence-electron chi connectivity index (χ0n) is 13.9. The van der Waals surface area contributed by atoms with E-state index in [2.05, 4.69) is 10.3 Å². The van der Waals surface area contributed by atoms with Crippen LogP contribution in [-0.2, 0) is 11.3 Å². The predicted octanol–water partition coefficient (Wildman–Crippen LogP) is 3.58. The summed E-state index contributed by atoms with van der Waals surface area (Å²) in [4.78, 5) is 15.9. The number of carbonyl (C=O) groups excluding carboxylic acids is 1. The molecule has 0 aliphatic carbocycles. The van der Waals surface area contributed by atoms with Crippen molar-refractivity contribution in [2.75, 3.05) is 12.4 Å². The van der Waals surface area contributed by atoms with Crippen LogP contribution in [0.25, 0.3) is 0 Å². The number of esters is 1. The molecule has 0 bridgehead atoms. The first kappa shape index (κ1) is 16.8. The number of nitrogens with one attached hydrogen (secondary N) is 1. The number of aryl methyl sites for hydroxylation is 1. The lowest BCUT2D eigenvalue weighted by atomic mass is 10.2. The highest BCUT2D eigenvalue weighted by Crippen LogP contribution is 2.16. The number of methoxy groups -OCH3 is 1. The molecule has 0 unspecified atom stereocenters. The van der Waals surface area contributed by atoms with Crippen LogP contribution in [0.5, 0.6) is 5.75 Å². The van der Waals surface area contributed by atoms with Crippen molar-refractivity contribution in [1.82, 2.24) is 4.98 Å². The first-order valence-corrected chi connectivity index (χ1v) is 7.55. The molecule has 0 spiro atoms. The molecule has 122 valence electrons. The zero-order chi connectivity index (χ0) is 16.8. The second-order valence-corrected chi connectivity index (χ2v) is 5.49. The number of ether oxygens (including phenoxy) is 2. The lowest BCUT2D eigenvalue weighted by Gasteiger charge is -2.11. The van der Waals surface area contributed by atoms with Gasteiger partial charge in [-0.25, -0.2) is 9.78 Å². The minimum atomic E-state index is -0.373. The summed E-state index contributed by atoms with van der Waals surface area (Å²) in [5.41, 5.74) is 2.24. The van der Waals surface area contributed by atoms with E-state index in [1.165, 1.54) is 7.11 Å². The SMILES string of the molecule is COC(=O)c1ccc(NCc2ccc(OC(C)C)cc2)nc1C. The van der Waals surface area contributed by atoms with Crippen LogP contribution in [0.3, 0.4) is 0 Å². The van der Waals surface area contributed by atoms with Crippen molar-refractivity contribution in [2.45, 2.75) is 33.4 Å². The third-order valence-electron chi connectivity index (χ3n) is 3.26. The Bertz CT molecular complexity index is 666. The molecule has 5 nitrogen and oxygen atoms in total. The normalized spacial score (nSPS) is 10.5. The van der Waals surface area contributed by atoms with Gasteiger partial charge in [-0.15, -0.1) is 0 Å². The van der Waals surface area contributed by atoms with Gasteiger partial charge in [-0.2, -0.15) is 0 Å². The Morgan fingerprint density at radius 3 is 2.43 bits per heavy atom. The molecule has 0 saturated heterocycles. The van der Waals surface area contributed by atoms with Gasteiger partial charge in [0.25, 0.3) is 0 Å². The number of hydrogen-bond donors (Lipinski definition) is 1. The smallest absolute Gasteiger partial charge is 0.339 e. The molecular formula is C18H22N2O3. The first-order chi connectivity index (χ1) is 11.0. The van der Waals surface area contributed by atoms with Crippen molar-refractivity contribution in [3.05, 3.63) is 53.2 Å². The average Bonchev–Trinajstić information content (AvgIpc) is 2.53. The van der Waals surface area contributed by atoms with E-state index in [0.717, 1.165) is 17.1 Å². The van der Waals surface area contributed by atoms with Crippen LogP contribution in [0, 0.1) is 6.92 Å². The fourth-order valence-electron chi connectivity index (χ4n) is 2.14. The van der Waals surface area contributed by atoms with Gasteiger partial charge in [0.1, 0.15) is 11.6 Å².